The molecule has 1 aromatic carbocycles. The Morgan fingerprint density at radius 2 is 1.94 bits per heavy atom. The van der Waals surface area contributed by atoms with E-state index in [1.165, 1.54) is 30.5 Å². The second-order valence-corrected chi connectivity index (χ2v) is 11.0. The number of ether oxygens (including phenoxy) is 1. The third-order valence-electron chi connectivity index (χ3n) is 8.21. The number of nitrogens with one attached hydrogen (secondary N) is 2. The van der Waals surface area contributed by atoms with Gasteiger partial charge in [0.1, 0.15) is 10.8 Å². The van der Waals surface area contributed by atoms with Crippen LogP contribution in [0.2, 0.25) is 5.02 Å². The van der Waals surface area contributed by atoms with Crippen molar-refractivity contribution in [3.63, 3.8) is 0 Å². The van der Waals surface area contributed by atoms with Gasteiger partial charge in [0.2, 0.25) is 11.9 Å². The summed E-state index contributed by atoms with van der Waals surface area (Å²) >= 11 is 6.45. The first kappa shape index (κ1) is 23.6. The predicted octanol–water partition coefficient (Wildman–Crippen LogP) is 3.78. The van der Waals surface area contributed by atoms with Crippen LogP contribution in [0.25, 0.3) is 0 Å². The Balaban J connectivity index is 1.21. The summed E-state index contributed by atoms with van der Waals surface area (Å²) < 4.78 is 5.73. The zero-order valence-corrected chi connectivity index (χ0v) is 21.3. The number of halogens is 1. The Bertz CT molecular complexity index is 1200. The molecule has 4 N–H and O–H groups in total. The van der Waals surface area contributed by atoms with Crippen LogP contribution in [0, 0.1) is 23.7 Å². The zero-order valence-electron chi connectivity index (χ0n) is 20.5. The van der Waals surface area contributed by atoms with Crippen molar-refractivity contribution in [2.24, 2.45) is 29.4 Å². The van der Waals surface area contributed by atoms with E-state index < -0.39 is 0 Å². The summed E-state index contributed by atoms with van der Waals surface area (Å²) in [6, 6.07) is 4.19. The molecule has 1 aromatic heterocycles. The van der Waals surface area contributed by atoms with Crippen LogP contribution in [0.1, 0.15) is 30.4 Å². The van der Waals surface area contributed by atoms with Gasteiger partial charge >= 0.3 is 0 Å². The maximum absolute atomic E-state index is 12.1. The van der Waals surface area contributed by atoms with Crippen molar-refractivity contribution in [2.75, 3.05) is 37.4 Å². The minimum absolute atomic E-state index is 0.127. The first-order valence-corrected chi connectivity index (χ1v) is 13.3. The SMILES string of the molecule is COc1cc2c(cc1Nc1ncc(Cl)c(N[C@H]3[C@@H](C(N)=O)[C@@H]4C=C[C@H]3C4)n1)CCN(CC1CC1)CC2. The number of aromatic nitrogens is 2. The zero-order chi connectivity index (χ0) is 24.8. The number of methoxy groups -OCH3 is 1. The van der Waals surface area contributed by atoms with Gasteiger partial charge in [-0.15, -0.1) is 0 Å². The molecule has 2 heterocycles. The van der Waals surface area contributed by atoms with Crippen molar-refractivity contribution >= 4 is 35.0 Å². The quantitative estimate of drug-likeness (QED) is 0.466. The highest BCUT2D eigenvalue weighted by molar-refractivity contribution is 6.32. The summed E-state index contributed by atoms with van der Waals surface area (Å²) in [4.78, 5) is 23.8. The predicted molar refractivity (Wildman–Crippen MR) is 141 cm³/mol. The minimum atomic E-state index is -0.293. The molecule has 1 amide bonds. The molecule has 8 nitrogen and oxygen atoms in total. The van der Waals surface area contributed by atoms with Gasteiger partial charge in [0.25, 0.3) is 0 Å². The largest absolute Gasteiger partial charge is 0.495 e. The molecule has 1 aliphatic heterocycles. The minimum Gasteiger partial charge on any atom is -0.495 e. The highest BCUT2D eigenvalue weighted by Gasteiger charge is 2.47. The normalized spacial score (nSPS) is 26.9. The van der Waals surface area contributed by atoms with E-state index in [9.17, 15) is 4.79 Å². The molecule has 0 unspecified atom stereocenters. The van der Waals surface area contributed by atoms with Gasteiger partial charge in [-0.1, -0.05) is 23.8 Å². The average Bonchev–Trinajstić information content (AvgIpc) is 3.51. The van der Waals surface area contributed by atoms with Gasteiger partial charge in [0, 0.05) is 25.7 Å². The summed E-state index contributed by atoms with van der Waals surface area (Å²) in [5.74, 6) is 2.42. The molecule has 9 heteroatoms. The molecule has 6 rings (SSSR count). The average molecular weight is 509 g/mol. The first-order valence-electron chi connectivity index (χ1n) is 12.9. The third-order valence-corrected chi connectivity index (χ3v) is 8.49. The Kier molecular flexibility index (Phi) is 6.25. The lowest BCUT2D eigenvalue weighted by Gasteiger charge is -2.27. The molecule has 0 spiro atoms. The summed E-state index contributed by atoms with van der Waals surface area (Å²) in [6.07, 6.45) is 11.6. The molecule has 0 radical (unpaired) electrons. The monoisotopic (exact) mass is 508 g/mol. The number of carbonyl (C=O) groups is 1. The number of allylic oxidation sites excluding steroid dienone is 1. The van der Waals surface area contributed by atoms with Gasteiger partial charge in [0.15, 0.2) is 5.82 Å². The van der Waals surface area contributed by atoms with Crippen LogP contribution in [-0.4, -0.2) is 53.6 Å². The number of nitrogens with zero attached hydrogens (tertiary/aromatic N) is 3. The first-order chi connectivity index (χ1) is 17.5. The molecular formula is C27H33ClN6O2. The van der Waals surface area contributed by atoms with E-state index in [-0.39, 0.29) is 29.7 Å². The number of benzene rings is 1. The van der Waals surface area contributed by atoms with E-state index in [2.05, 4.69) is 49.8 Å². The molecule has 190 valence electrons. The Morgan fingerprint density at radius 3 is 2.67 bits per heavy atom. The van der Waals surface area contributed by atoms with E-state index in [0.717, 1.165) is 49.7 Å². The smallest absolute Gasteiger partial charge is 0.229 e. The Morgan fingerprint density at radius 1 is 1.19 bits per heavy atom. The number of anilines is 3. The van der Waals surface area contributed by atoms with Crippen molar-refractivity contribution < 1.29 is 9.53 Å². The Hall–Kier alpha value is -2.84. The lowest BCUT2D eigenvalue weighted by molar-refractivity contribution is -0.122. The number of hydrogen-bond acceptors (Lipinski definition) is 7. The molecule has 2 saturated carbocycles. The number of carbonyl (C=O) groups excluding carboxylic acids is 1. The van der Waals surface area contributed by atoms with Gasteiger partial charge in [-0.2, -0.15) is 4.98 Å². The summed E-state index contributed by atoms with van der Waals surface area (Å²) in [6.45, 7) is 3.40. The van der Waals surface area contributed by atoms with Crippen molar-refractivity contribution in [2.45, 2.75) is 38.1 Å². The second-order valence-electron chi connectivity index (χ2n) is 10.6. The van der Waals surface area contributed by atoms with E-state index in [1.54, 1.807) is 13.3 Å². The van der Waals surface area contributed by atoms with Gasteiger partial charge in [0.05, 0.1) is 24.9 Å². The summed E-state index contributed by atoms with van der Waals surface area (Å²) in [5, 5.41) is 7.14. The van der Waals surface area contributed by atoms with Crippen molar-refractivity contribution in [3.8, 4) is 5.75 Å². The van der Waals surface area contributed by atoms with Crippen LogP contribution >= 0.6 is 11.6 Å². The molecule has 3 aliphatic carbocycles. The van der Waals surface area contributed by atoms with E-state index in [4.69, 9.17) is 22.1 Å². The van der Waals surface area contributed by atoms with Gasteiger partial charge < -0.3 is 26.0 Å². The molecular weight excluding hydrogens is 476 g/mol. The molecule has 2 bridgehead atoms. The van der Waals surface area contributed by atoms with Gasteiger partial charge in [-0.25, -0.2) is 4.98 Å². The number of amides is 1. The highest BCUT2D eigenvalue weighted by Crippen LogP contribution is 2.45. The maximum Gasteiger partial charge on any atom is 0.229 e. The number of rotatable bonds is 8. The standard InChI is InChI=1S/C27H33ClN6O2/c1-36-22-12-17-7-9-34(14-15-2-3-15)8-6-16(17)11-21(22)31-27-30-13-20(28)26(33-27)32-24-19-5-4-18(10-19)23(24)25(29)35/h4-5,11-13,15,18-19,23-24H,2-3,6-10,14H2,1H3,(H2,29,35)(H2,30,31,32,33)/t18-,19+,23+,24-/m1/s1. The van der Waals surface area contributed by atoms with Crippen LogP contribution < -0.4 is 21.1 Å². The molecule has 0 saturated heterocycles. The van der Waals surface area contributed by atoms with E-state index in [0.29, 0.717) is 16.8 Å². The number of primary amides is 1. The number of fused-ring (bicyclic) bond motifs is 3. The van der Waals surface area contributed by atoms with Crippen LogP contribution in [0.5, 0.6) is 5.75 Å². The molecule has 36 heavy (non-hydrogen) atoms. The van der Waals surface area contributed by atoms with Crippen LogP contribution in [-0.2, 0) is 17.6 Å². The molecule has 4 aliphatic rings. The molecule has 2 aromatic rings. The fourth-order valence-corrected chi connectivity index (χ4v) is 6.28. The van der Waals surface area contributed by atoms with Crippen molar-refractivity contribution in [3.05, 3.63) is 46.6 Å². The Labute approximate surface area is 216 Å². The summed E-state index contributed by atoms with van der Waals surface area (Å²) in [7, 11) is 1.69. The van der Waals surface area contributed by atoms with E-state index >= 15 is 0 Å². The van der Waals surface area contributed by atoms with Crippen molar-refractivity contribution in [1.82, 2.24) is 14.9 Å². The van der Waals surface area contributed by atoms with E-state index in [1.807, 2.05) is 0 Å². The third kappa shape index (κ3) is 4.64. The van der Waals surface area contributed by atoms with Crippen molar-refractivity contribution in [1.29, 1.82) is 0 Å². The maximum atomic E-state index is 12.1. The lowest BCUT2D eigenvalue weighted by atomic mass is 9.88. The number of hydrogen-bond donors (Lipinski definition) is 3. The number of nitrogens with two attached hydrogens (primary N) is 1. The van der Waals surface area contributed by atoms with Crippen LogP contribution in [0.3, 0.4) is 0 Å². The van der Waals surface area contributed by atoms with Gasteiger partial charge in [-0.3, -0.25) is 4.79 Å². The molecule has 4 atom stereocenters. The van der Waals surface area contributed by atoms with Crippen LogP contribution in [0.15, 0.2) is 30.5 Å². The molecule has 2 fully saturated rings. The van der Waals surface area contributed by atoms with Gasteiger partial charge in [-0.05, 0) is 73.1 Å². The second kappa shape index (κ2) is 9.56. The fraction of sp³-hybridized carbons (Fsp3) is 0.519. The topological polar surface area (TPSA) is 105 Å². The van der Waals surface area contributed by atoms with Crippen LogP contribution in [0.4, 0.5) is 17.5 Å². The lowest BCUT2D eigenvalue weighted by Crippen LogP contribution is -2.41. The highest BCUT2D eigenvalue weighted by atomic mass is 35.5. The fourth-order valence-electron chi connectivity index (χ4n) is 6.13. The summed E-state index contributed by atoms with van der Waals surface area (Å²) in [5.41, 5.74) is 9.24.